The van der Waals surface area contributed by atoms with Crippen LogP contribution in [-0.4, -0.2) is 45.6 Å². The molecule has 2 aromatic carbocycles. The number of likely N-dealkylation sites (tertiary alicyclic amines) is 1. The van der Waals surface area contributed by atoms with Crippen molar-refractivity contribution in [3.05, 3.63) is 71.8 Å². The van der Waals surface area contributed by atoms with Crippen molar-refractivity contribution in [3.8, 4) is 0 Å². The SMILES string of the molecule is NC(=O)c1cnc(C2CCCN(C(CO)c3ccc4ccccc4c3)CC2)nc1. The highest BCUT2D eigenvalue weighted by molar-refractivity contribution is 5.92. The molecule has 29 heavy (non-hydrogen) atoms. The first-order valence-electron chi connectivity index (χ1n) is 10.1. The molecule has 3 N–H and O–H groups in total. The first-order valence-corrected chi connectivity index (χ1v) is 10.1. The first kappa shape index (κ1) is 19.5. The van der Waals surface area contributed by atoms with E-state index in [-0.39, 0.29) is 18.6 Å². The average Bonchev–Trinajstić information content (AvgIpc) is 3.00. The number of carbonyl (C=O) groups is 1. The lowest BCUT2D eigenvalue weighted by Crippen LogP contribution is -2.32. The lowest BCUT2D eigenvalue weighted by Gasteiger charge is -2.30. The molecular formula is C23H26N4O2. The van der Waals surface area contributed by atoms with E-state index in [1.807, 2.05) is 12.1 Å². The summed E-state index contributed by atoms with van der Waals surface area (Å²) in [5.74, 6) is 0.505. The third-order valence-corrected chi connectivity index (χ3v) is 5.86. The van der Waals surface area contributed by atoms with Gasteiger partial charge in [-0.2, -0.15) is 0 Å². The Hall–Kier alpha value is -2.83. The number of primary amides is 1. The minimum atomic E-state index is -0.509. The molecule has 0 spiro atoms. The Labute approximate surface area is 170 Å². The molecule has 2 atom stereocenters. The standard InChI is InChI=1S/C23H26N4O2/c24-22(29)20-13-25-23(26-14-20)17-6-3-10-27(11-9-17)21(15-28)19-8-7-16-4-1-2-5-18(16)12-19/h1-2,4-5,7-8,12-14,17,21,28H,3,6,9-11,15H2,(H2,24,29). The lowest BCUT2D eigenvalue weighted by atomic mass is 9.99. The summed E-state index contributed by atoms with van der Waals surface area (Å²) >= 11 is 0. The molecule has 1 saturated heterocycles. The zero-order valence-corrected chi connectivity index (χ0v) is 16.4. The van der Waals surface area contributed by atoms with Crippen molar-refractivity contribution in [2.75, 3.05) is 19.7 Å². The molecule has 3 aromatic rings. The lowest BCUT2D eigenvalue weighted by molar-refractivity contribution is 0.0999. The number of hydrogen-bond donors (Lipinski definition) is 2. The second-order valence-corrected chi connectivity index (χ2v) is 7.66. The third-order valence-electron chi connectivity index (χ3n) is 5.86. The van der Waals surface area contributed by atoms with Gasteiger partial charge in [0.25, 0.3) is 5.91 Å². The Morgan fingerprint density at radius 1 is 1.10 bits per heavy atom. The van der Waals surface area contributed by atoms with Gasteiger partial charge < -0.3 is 10.8 Å². The van der Waals surface area contributed by atoms with Gasteiger partial charge >= 0.3 is 0 Å². The van der Waals surface area contributed by atoms with Crippen molar-refractivity contribution < 1.29 is 9.90 Å². The zero-order chi connectivity index (χ0) is 20.2. The maximum atomic E-state index is 11.2. The molecule has 6 nitrogen and oxygen atoms in total. The number of benzene rings is 2. The molecule has 0 saturated carbocycles. The fourth-order valence-corrected chi connectivity index (χ4v) is 4.21. The van der Waals surface area contributed by atoms with Gasteiger partial charge in [-0.25, -0.2) is 9.97 Å². The highest BCUT2D eigenvalue weighted by Crippen LogP contribution is 2.31. The summed E-state index contributed by atoms with van der Waals surface area (Å²) in [7, 11) is 0. The Bertz CT molecular complexity index is 990. The number of aliphatic hydroxyl groups is 1. The maximum absolute atomic E-state index is 11.2. The number of carbonyl (C=O) groups excluding carboxylic acids is 1. The van der Waals surface area contributed by atoms with E-state index in [9.17, 15) is 9.90 Å². The third kappa shape index (κ3) is 4.28. The van der Waals surface area contributed by atoms with Crippen LogP contribution in [0, 0.1) is 0 Å². The number of hydrogen-bond acceptors (Lipinski definition) is 5. The summed E-state index contributed by atoms with van der Waals surface area (Å²) in [4.78, 5) is 22.3. The minimum Gasteiger partial charge on any atom is -0.394 e. The van der Waals surface area contributed by atoms with E-state index in [0.717, 1.165) is 43.7 Å². The van der Waals surface area contributed by atoms with E-state index < -0.39 is 5.91 Å². The van der Waals surface area contributed by atoms with Crippen LogP contribution >= 0.6 is 0 Å². The van der Waals surface area contributed by atoms with E-state index >= 15 is 0 Å². The highest BCUT2D eigenvalue weighted by Gasteiger charge is 2.26. The number of rotatable bonds is 5. The first-order chi connectivity index (χ1) is 14.2. The van der Waals surface area contributed by atoms with Crippen LogP contribution in [0.25, 0.3) is 10.8 Å². The van der Waals surface area contributed by atoms with Gasteiger partial charge in [0.1, 0.15) is 5.82 Å². The summed E-state index contributed by atoms with van der Waals surface area (Å²) in [6, 6.07) is 14.7. The molecule has 1 aliphatic heterocycles. The van der Waals surface area contributed by atoms with Crippen molar-refractivity contribution in [3.63, 3.8) is 0 Å². The average molecular weight is 390 g/mol. The summed E-state index contributed by atoms with van der Waals surface area (Å²) in [6.45, 7) is 1.88. The fourth-order valence-electron chi connectivity index (χ4n) is 4.21. The van der Waals surface area contributed by atoms with Gasteiger partial charge in [-0.3, -0.25) is 9.69 Å². The molecule has 0 aliphatic carbocycles. The molecule has 1 fully saturated rings. The van der Waals surface area contributed by atoms with Crippen LogP contribution in [0.15, 0.2) is 54.9 Å². The van der Waals surface area contributed by atoms with E-state index in [1.54, 1.807) is 0 Å². The summed E-state index contributed by atoms with van der Waals surface area (Å²) in [5, 5.41) is 12.6. The van der Waals surface area contributed by atoms with Gasteiger partial charge in [-0.1, -0.05) is 36.4 Å². The molecule has 1 aromatic heterocycles. The van der Waals surface area contributed by atoms with Crippen molar-refractivity contribution in [2.24, 2.45) is 5.73 Å². The van der Waals surface area contributed by atoms with Gasteiger partial charge in [0.15, 0.2) is 0 Å². The summed E-state index contributed by atoms with van der Waals surface area (Å²) < 4.78 is 0. The molecule has 0 radical (unpaired) electrons. The van der Waals surface area contributed by atoms with E-state index in [1.165, 1.54) is 23.2 Å². The number of nitrogens with zero attached hydrogens (tertiary/aromatic N) is 3. The van der Waals surface area contributed by atoms with Crippen LogP contribution in [-0.2, 0) is 0 Å². The molecule has 4 rings (SSSR count). The van der Waals surface area contributed by atoms with Crippen molar-refractivity contribution in [1.29, 1.82) is 0 Å². The Morgan fingerprint density at radius 3 is 2.59 bits per heavy atom. The molecule has 6 heteroatoms. The molecule has 2 unspecified atom stereocenters. The number of amides is 1. The van der Waals surface area contributed by atoms with E-state index in [4.69, 9.17) is 5.73 Å². The quantitative estimate of drug-likeness (QED) is 0.699. The topological polar surface area (TPSA) is 92.3 Å². The van der Waals surface area contributed by atoms with Gasteiger partial charge in [-0.05, 0) is 54.8 Å². The van der Waals surface area contributed by atoms with Crippen LogP contribution in [0.4, 0.5) is 0 Å². The smallest absolute Gasteiger partial charge is 0.251 e. The largest absolute Gasteiger partial charge is 0.394 e. The predicted molar refractivity (Wildman–Crippen MR) is 112 cm³/mol. The van der Waals surface area contributed by atoms with Gasteiger partial charge in [0, 0.05) is 18.3 Å². The van der Waals surface area contributed by atoms with Gasteiger partial charge in [0.05, 0.1) is 18.2 Å². The molecule has 1 aliphatic rings. The second kappa shape index (κ2) is 8.68. The number of aliphatic hydroxyl groups excluding tert-OH is 1. The second-order valence-electron chi connectivity index (χ2n) is 7.66. The Balaban J connectivity index is 1.49. The van der Waals surface area contributed by atoms with Crippen LogP contribution in [0.2, 0.25) is 0 Å². The van der Waals surface area contributed by atoms with Crippen molar-refractivity contribution in [1.82, 2.24) is 14.9 Å². The maximum Gasteiger partial charge on any atom is 0.251 e. The highest BCUT2D eigenvalue weighted by atomic mass is 16.3. The number of aromatic nitrogens is 2. The zero-order valence-electron chi connectivity index (χ0n) is 16.4. The van der Waals surface area contributed by atoms with Gasteiger partial charge in [-0.15, -0.1) is 0 Å². The molecule has 150 valence electrons. The van der Waals surface area contributed by atoms with Crippen molar-refractivity contribution in [2.45, 2.75) is 31.2 Å². The normalized spacial score (nSPS) is 19.0. The van der Waals surface area contributed by atoms with E-state index in [2.05, 4.69) is 45.2 Å². The summed E-state index contributed by atoms with van der Waals surface area (Å²) in [5.41, 5.74) is 6.75. The predicted octanol–water partition coefficient (Wildman–Crippen LogP) is 3.03. The van der Waals surface area contributed by atoms with Crippen LogP contribution < -0.4 is 5.73 Å². The molecule has 1 amide bonds. The van der Waals surface area contributed by atoms with Crippen LogP contribution in [0.3, 0.4) is 0 Å². The van der Waals surface area contributed by atoms with Crippen LogP contribution in [0.5, 0.6) is 0 Å². The molecule has 2 heterocycles. The Morgan fingerprint density at radius 2 is 1.86 bits per heavy atom. The van der Waals surface area contributed by atoms with Gasteiger partial charge in [0.2, 0.25) is 0 Å². The summed E-state index contributed by atoms with van der Waals surface area (Å²) in [6.07, 6.45) is 5.94. The molecule has 0 bridgehead atoms. The number of fused-ring (bicyclic) bond motifs is 1. The van der Waals surface area contributed by atoms with E-state index in [0.29, 0.717) is 5.56 Å². The number of nitrogens with two attached hydrogens (primary N) is 1. The fraction of sp³-hybridized carbons (Fsp3) is 0.348. The van der Waals surface area contributed by atoms with Crippen molar-refractivity contribution >= 4 is 16.7 Å². The molecular weight excluding hydrogens is 364 g/mol. The minimum absolute atomic E-state index is 0.0171. The Kier molecular flexibility index (Phi) is 5.83. The monoisotopic (exact) mass is 390 g/mol. The van der Waals surface area contributed by atoms with Crippen LogP contribution in [0.1, 0.15) is 53.0 Å².